The molecule has 0 saturated carbocycles. The summed E-state index contributed by atoms with van der Waals surface area (Å²) >= 11 is 0. The molecule has 0 spiro atoms. The molecule has 7 heteroatoms. The van der Waals surface area contributed by atoms with Crippen LogP contribution < -0.4 is 15.5 Å². The van der Waals surface area contributed by atoms with E-state index in [-0.39, 0.29) is 17.2 Å². The van der Waals surface area contributed by atoms with Gasteiger partial charge in [0.15, 0.2) is 0 Å². The minimum absolute atomic E-state index is 0.0340. The number of nitrogens with zero attached hydrogens (tertiary/aromatic N) is 3. The van der Waals surface area contributed by atoms with Gasteiger partial charge in [0.05, 0.1) is 6.04 Å². The summed E-state index contributed by atoms with van der Waals surface area (Å²) < 4.78 is 0. The number of anilines is 1. The minimum Gasteiger partial charge on any atom is -0.350 e. The van der Waals surface area contributed by atoms with Crippen LogP contribution >= 0.6 is 0 Å². The van der Waals surface area contributed by atoms with Crippen LogP contribution in [0.3, 0.4) is 0 Å². The minimum atomic E-state index is -0.888. The van der Waals surface area contributed by atoms with Gasteiger partial charge in [-0.05, 0) is 60.3 Å². The molecule has 1 aromatic carbocycles. The fourth-order valence-corrected chi connectivity index (χ4v) is 4.12. The van der Waals surface area contributed by atoms with E-state index in [0.717, 1.165) is 17.5 Å². The molecule has 0 saturated heterocycles. The number of nitrogens with one attached hydrogen (secondary N) is 2. The normalized spacial score (nSPS) is 13.0. The predicted molar refractivity (Wildman–Crippen MR) is 143 cm³/mol. The maximum atomic E-state index is 14.0. The molecule has 2 heterocycles. The van der Waals surface area contributed by atoms with Crippen LogP contribution in [0.1, 0.15) is 63.3 Å². The standard InChI is InChI=1S/C29H37N5O2/c1-6-8-25(30-5)28(36)34(24-12-10-23(11-13-24)29(2,3)4)26(22-9-7-16-32-20-22)27(35)33-19-21-14-17-31-18-15-21/h7,9-18,20,25-26,30H,6,8,19H2,1-5H3,(H,33,35)/t25-,26?/m1/s1. The number of carbonyl (C=O) groups excluding carboxylic acids is 2. The number of likely N-dealkylation sites (N-methyl/N-ethyl adjacent to an activating group) is 1. The Morgan fingerprint density at radius 2 is 1.67 bits per heavy atom. The van der Waals surface area contributed by atoms with Gasteiger partial charge in [0, 0.05) is 42.6 Å². The van der Waals surface area contributed by atoms with Crippen molar-refractivity contribution in [3.8, 4) is 0 Å². The molecule has 36 heavy (non-hydrogen) atoms. The van der Waals surface area contributed by atoms with Crippen LogP contribution in [0.2, 0.25) is 0 Å². The highest BCUT2D eigenvalue weighted by atomic mass is 16.2. The summed E-state index contributed by atoms with van der Waals surface area (Å²) in [5, 5.41) is 6.16. The van der Waals surface area contributed by atoms with Gasteiger partial charge < -0.3 is 10.6 Å². The molecule has 0 aliphatic carbocycles. The molecule has 2 N–H and O–H groups in total. The molecule has 2 amide bonds. The number of benzene rings is 1. The summed E-state index contributed by atoms with van der Waals surface area (Å²) in [6, 6.07) is 13.9. The lowest BCUT2D eigenvalue weighted by atomic mass is 9.87. The van der Waals surface area contributed by atoms with Crippen molar-refractivity contribution in [2.45, 2.75) is 64.6 Å². The fourth-order valence-electron chi connectivity index (χ4n) is 4.12. The van der Waals surface area contributed by atoms with Crippen molar-refractivity contribution in [3.63, 3.8) is 0 Å². The number of amides is 2. The quantitative estimate of drug-likeness (QED) is 0.438. The zero-order chi connectivity index (χ0) is 26.1. The molecule has 3 rings (SSSR count). The monoisotopic (exact) mass is 487 g/mol. The summed E-state index contributed by atoms with van der Waals surface area (Å²) in [5.41, 5.74) is 3.35. The molecule has 0 radical (unpaired) electrons. The molecular weight excluding hydrogens is 450 g/mol. The zero-order valence-electron chi connectivity index (χ0n) is 21.9. The molecule has 0 aliphatic rings. The van der Waals surface area contributed by atoms with Crippen LogP contribution in [-0.4, -0.2) is 34.9 Å². The van der Waals surface area contributed by atoms with Crippen LogP contribution in [0, 0.1) is 0 Å². The van der Waals surface area contributed by atoms with Crippen molar-refractivity contribution >= 4 is 17.5 Å². The summed E-state index contributed by atoms with van der Waals surface area (Å²) in [6.07, 6.45) is 8.18. The van der Waals surface area contributed by atoms with Gasteiger partial charge in [0.1, 0.15) is 6.04 Å². The molecule has 7 nitrogen and oxygen atoms in total. The van der Waals surface area contributed by atoms with E-state index in [1.54, 1.807) is 42.8 Å². The summed E-state index contributed by atoms with van der Waals surface area (Å²) in [7, 11) is 1.78. The van der Waals surface area contributed by atoms with Crippen LogP contribution in [0.25, 0.3) is 0 Å². The van der Waals surface area contributed by atoms with Crippen LogP contribution in [0.4, 0.5) is 5.69 Å². The Hall–Kier alpha value is -3.58. The van der Waals surface area contributed by atoms with Gasteiger partial charge >= 0.3 is 0 Å². The van der Waals surface area contributed by atoms with E-state index in [2.05, 4.69) is 41.4 Å². The molecule has 2 aromatic heterocycles. The van der Waals surface area contributed by atoms with Crippen molar-refractivity contribution in [1.29, 1.82) is 0 Å². The highest BCUT2D eigenvalue weighted by Crippen LogP contribution is 2.31. The average molecular weight is 488 g/mol. The summed E-state index contributed by atoms with van der Waals surface area (Å²) in [4.78, 5) is 37.7. The molecule has 0 bridgehead atoms. The topological polar surface area (TPSA) is 87.2 Å². The van der Waals surface area contributed by atoms with E-state index in [1.807, 2.05) is 49.4 Å². The Bertz CT molecular complexity index is 1110. The highest BCUT2D eigenvalue weighted by Gasteiger charge is 2.35. The number of rotatable bonds is 10. The maximum Gasteiger partial charge on any atom is 0.248 e. The molecule has 1 unspecified atom stereocenters. The first-order chi connectivity index (χ1) is 17.3. The van der Waals surface area contributed by atoms with Gasteiger partial charge in [-0.2, -0.15) is 0 Å². The average Bonchev–Trinajstić information content (AvgIpc) is 2.89. The van der Waals surface area contributed by atoms with Crippen molar-refractivity contribution in [1.82, 2.24) is 20.6 Å². The Morgan fingerprint density at radius 1 is 0.972 bits per heavy atom. The van der Waals surface area contributed by atoms with Crippen LogP contribution in [0.5, 0.6) is 0 Å². The second-order valence-electron chi connectivity index (χ2n) is 9.90. The Morgan fingerprint density at radius 3 is 2.22 bits per heavy atom. The summed E-state index contributed by atoms with van der Waals surface area (Å²) in [6.45, 7) is 8.81. The maximum absolute atomic E-state index is 14.0. The van der Waals surface area contributed by atoms with Crippen molar-refractivity contribution in [3.05, 3.63) is 90.0 Å². The first-order valence-corrected chi connectivity index (χ1v) is 12.4. The van der Waals surface area contributed by atoms with E-state index in [4.69, 9.17) is 0 Å². The van der Waals surface area contributed by atoms with E-state index in [0.29, 0.717) is 24.2 Å². The number of aromatic nitrogens is 2. The highest BCUT2D eigenvalue weighted by molar-refractivity contribution is 6.03. The van der Waals surface area contributed by atoms with E-state index >= 15 is 0 Å². The predicted octanol–water partition coefficient (Wildman–Crippen LogP) is 4.55. The van der Waals surface area contributed by atoms with E-state index in [1.165, 1.54) is 0 Å². The van der Waals surface area contributed by atoms with Gasteiger partial charge in [-0.3, -0.25) is 24.5 Å². The number of pyridine rings is 2. The first-order valence-electron chi connectivity index (χ1n) is 12.4. The van der Waals surface area contributed by atoms with Gasteiger partial charge in [-0.15, -0.1) is 0 Å². The lowest BCUT2D eigenvalue weighted by Gasteiger charge is -2.34. The molecule has 3 aromatic rings. The Labute approximate surface area is 214 Å². The number of hydrogen-bond donors (Lipinski definition) is 2. The molecule has 2 atom stereocenters. The van der Waals surface area contributed by atoms with Crippen molar-refractivity contribution in [2.75, 3.05) is 11.9 Å². The van der Waals surface area contributed by atoms with Gasteiger partial charge in [-0.1, -0.05) is 52.3 Å². The molecule has 190 valence electrons. The van der Waals surface area contributed by atoms with Crippen LogP contribution in [0.15, 0.2) is 73.3 Å². The smallest absolute Gasteiger partial charge is 0.248 e. The van der Waals surface area contributed by atoms with E-state index < -0.39 is 12.1 Å². The largest absolute Gasteiger partial charge is 0.350 e. The third-order valence-corrected chi connectivity index (χ3v) is 6.20. The van der Waals surface area contributed by atoms with Gasteiger partial charge in [0.25, 0.3) is 0 Å². The summed E-state index contributed by atoms with van der Waals surface area (Å²) in [5.74, 6) is -0.435. The van der Waals surface area contributed by atoms with Crippen LogP contribution in [-0.2, 0) is 21.5 Å². The SMILES string of the molecule is CCC[C@@H](NC)C(=O)N(c1ccc(C(C)(C)C)cc1)C(C(=O)NCc1ccncc1)c1cccnc1. The second kappa shape index (κ2) is 12.4. The number of carbonyl (C=O) groups is 2. The van der Waals surface area contributed by atoms with E-state index in [9.17, 15) is 9.59 Å². The van der Waals surface area contributed by atoms with Gasteiger partial charge in [-0.25, -0.2) is 0 Å². The Kier molecular flexibility index (Phi) is 9.31. The molecular formula is C29H37N5O2. The number of hydrogen-bond acceptors (Lipinski definition) is 5. The molecule has 0 fully saturated rings. The second-order valence-corrected chi connectivity index (χ2v) is 9.90. The molecule has 0 aliphatic heterocycles. The first kappa shape index (κ1) is 27.0. The van der Waals surface area contributed by atoms with Crippen molar-refractivity contribution in [2.24, 2.45) is 0 Å². The van der Waals surface area contributed by atoms with Crippen molar-refractivity contribution < 1.29 is 9.59 Å². The lowest BCUT2D eigenvalue weighted by Crippen LogP contribution is -2.51. The lowest BCUT2D eigenvalue weighted by molar-refractivity contribution is -0.127. The zero-order valence-corrected chi connectivity index (χ0v) is 21.9. The third-order valence-electron chi connectivity index (χ3n) is 6.20. The fraction of sp³-hybridized carbons (Fsp3) is 0.379. The third kappa shape index (κ3) is 6.76. The van der Waals surface area contributed by atoms with Gasteiger partial charge in [0.2, 0.25) is 11.8 Å². The Balaban J connectivity index is 2.07.